The van der Waals surface area contributed by atoms with E-state index in [1.165, 1.54) is 6.20 Å². The number of aromatic nitrogens is 3. The average molecular weight is 263 g/mol. The molecule has 6 heteroatoms. The van der Waals surface area contributed by atoms with Crippen molar-refractivity contribution in [1.29, 1.82) is 0 Å². The minimum atomic E-state index is -0.223. The molecule has 0 spiro atoms. The molecule has 2 heterocycles. The molecule has 2 aromatic heterocycles. The van der Waals surface area contributed by atoms with Gasteiger partial charge in [-0.15, -0.1) is 0 Å². The number of aryl methyl sites for hydroxylation is 1. The van der Waals surface area contributed by atoms with Crippen LogP contribution in [0.25, 0.3) is 0 Å². The maximum atomic E-state index is 11.8. The maximum absolute atomic E-state index is 11.8. The molecule has 0 bridgehead atoms. The zero-order valence-corrected chi connectivity index (χ0v) is 10.5. The highest BCUT2D eigenvalue weighted by Gasteiger charge is 2.08. The van der Waals surface area contributed by atoms with Gasteiger partial charge in [0.05, 0.1) is 12.1 Å². The van der Waals surface area contributed by atoms with E-state index in [1.54, 1.807) is 12.3 Å². The van der Waals surface area contributed by atoms with Crippen molar-refractivity contribution in [3.8, 4) is 0 Å². The monoisotopic (exact) mass is 262 g/mol. The van der Waals surface area contributed by atoms with Crippen molar-refractivity contribution in [3.05, 3.63) is 47.0 Å². The van der Waals surface area contributed by atoms with Gasteiger partial charge < -0.3 is 0 Å². The number of rotatable bonds is 3. The lowest BCUT2D eigenvalue weighted by Gasteiger charge is -2.05. The van der Waals surface area contributed by atoms with Gasteiger partial charge in [0.25, 0.3) is 0 Å². The molecule has 1 N–H and O–H groups in total. The van der Waals surface area contributed by atoms with E-state index in [0.717, 1.165) is 11.3 Å². The second-order valence-corrected chi connectivity index (χ2v) is 4.08. The van der Waals surface area contributed by atoms with Gasteiger partial charge in [0, 0.05) is 12.4 Å². The Bertz CT molecular complexity index is 574. The summed E-state index contributed by atoms with van der Waals surface area (Å²) in [4.78, 5) is 23.7. The van der Waals surface area contributed by atoms with Gasteiger partial charge in [-0.2, -0.15) is 0 Å². The summed E-state index contributed by atoms with van der Waals surface area (Å²) in [6, 6.07) is 5.28. The maximum Gasteiger partial charge on any atom is 0.232 e. The van der Waals surface area contributed by atoms with Gasteiger partial charge in [0.2, 0.25) is 11.9 Å². The minimum absolute atomic E-state index is 0.183. The molecule has 0 aliphatic heterocycles. The van der Waals surface area contributed by atoms with Gasteiger partial charge in [-0.25, -0.2) is 9.97 Å². The Morgan fingerprint density at radius 3 is 2.89 bits per heavy atom. The molecular formula is C12H11ClN4O. The number of halogens is 1. The summed E-state index contributed by atoms with van der Waals surface area (Å²) in [5.41, 5.74) is 1.71. The van der Waals surface area contributed by atoms with Crippen LogP contribution in [-0.4, -0.2) is 20.9 Å². The van der Waals surface area contributed by atoms with E-state index in [4.69, 9.17) is 11.6 Å². The Balaban J connectivity index is 2.03. The molecule has 0 atom stereocenters. The van der Waals surface area contributed by atoms with Crippen LogP contribution >= 0.6 is 11.6 Å². The number of nitrogens with zero attached hydrogens (tertiary/aromatic N) is 3. The molecule has 0 fully saturated rings. The average Bonchev–Trinajstić information content (AvgIpc) is 2.32. The third kappa shape index (κ3) is 3.24. The van der Waals surface area contributed by atoms with Crippen molar-refractivity contribution in [3.63, 3.8) is 0 Å². The normalized spacial score (nSPS) is 10.1. The highest BCUT2D eigenvalue weighted by atomic mass is 35.5. The SMILES string of the molecule is Cc1cccnc1CC(=O)Nc1nccc(Cl)n1. The van der Waals surface area contributed by atoms with E-state index >= 15 is 0 Å². The fourth-order valence-corrected chi connectivity index (χ4v) is 1.56. The number of carbonyl (C=O) groups is 1. The lowest BCUT2D eigenvalue weighted by atomic mass is 10.1. The van der Waals surface area contributed by atoms with Gasteiger partial charge in [-0.05, 0) is 24.6 Å². The van der Waals surface area contributed by atoms with E-state index in [1.807, 2.05) is 19.1 Å². The second-order valence-electron chi connectivity index (χ2n) is 3.69. The van der Waals surface area contributed by atoms with Crippen LogP contribution in [0.2, 0.25) is 5.15 Å². The predicted molar refractivity (Wildman–Crippen MR) is 68.3 cm³/mol. The summed E-state index contributed by atoms with van der Waals surface area (Å²) in [7, 11) is 0. The van der Waals surface area contributed by atoms with E-state index in [0.29, 0.717) is 0 Å². The first kappa shape index (κ1) is 12.4. The number of hydrogen-bond donors (Lipinski definition) is 1. The molecule has 5 nitrogen and oxygen atoms in total. The number of hydrogen-bond acceptors (Lipinski definition) is 4. The molecule has 0 saturated carbocycles. The van der Waals surface area contributed by atoms with Crippen molar-refractivity contribution in [2.45, 2.75) is 13.3 Å². The fourth-order valence-electron chi connectivity index (χ4n) is 1.42. The first-order valence-corrected chi connectivity index (χ1v) is 5.72. The second kappa shape index (κ2) is 5.55. The molecule has 0 aliphatic carbocycles. The topological polar surface area (TPSA) is 67.8 Å². The van der Waals surface area contributed by atoms with E-state index in [2.05, 4.69) is 20.3 Å². The molecule has 18 heavy (non-hydrogen) atoms. The Morgan fingerprint density at radius 2 is 2.17 bits per heavy atom. The zero-order valence-electron chi connectivity index (χ0n) is 9.72. The van der Waals surface area contributed by atoms with Crippen molar-refractivity contribution >= 4 is 23.5 Å². The molecule has 0 radical (unpaired) electrons. The number of pyridine rings is 1. The fraction of sp³-hybridized carbons (Fsp3) is 0.167. The first-order valence-electron chi connectivity index (χ1n) is 5.34. The van der Waals surface area contributed by atoms with Crippen LogP contribution in [0.5, 0.6) is 0 Å². The Labute approximate surface area is 109 Å². The highest BCUT2D eigenvalue weighted by molar-refractivity contribution is 6.29. The van der Waals surface area contributed by atoms with Crippen LogP contribution in [0, 0.1) is 6.92 Å². The number of amides is 1. The largest absolute Gasteiger partial charge is 0.294 e. The lowest BCUT2D eigenvalue weighted by molar-refractivity contribution is -0.115. The first-order chi connectivity index (χ1) is 8.65. The van der Waals surface area contributed by atoms with Crippen molar-refractivity contribution < 1.29 is 4.79 Å². The van der Waals surface area contributed by atoms with Crippen LogP contribution in [0.4, 0.5) is 5.95 Å². The molecule has 2 aromatic rings. The van der Waals surface area contributed by atoms with Gasteiger partial charge in [0.15, 0.2) is 0 Å². The Kier molecular flexibility index (Phi) is 3.84. The molecule has 0 unspecified atom stereocenters. The molecule has 2 rings (SSSR count). The summed E-state index contributed by atoms with van der Waals surface area (Å²) in [6.45, 7) is 1.91. The molecular weight excluding hydrogens is 252 g/mol. The van der Waals surface area contributed by atoms with E-state index in [9.17, 15) is 4.79 Å². The van der Waals surface area contributed by atoms with Crippen LogP contribution in [0.15, 0.2) is 30.6 Å². The minimum Gasteiger partial charge on any atom is -0.294 e. The van der Waals surface area contributed by atoms with Crippen LogP contribution < -0.4 is 5.32 Å². The standard InChI is InChI=1S/C12H11ClN4O/c1-8-3-2-5-14-9(8)7-11(18)17-12-15-6-4-10(13)16-12/h2-6H,7H2,1H3,(H,15,16,17,18). The summed E-state index contributed by atoms with van der Waals surface area (Å²) in [5.74, 6) is -0.0276. The number of anilines is 1. The van der Waals surface area contributed by atoms with Crippen molar-refractivity contribution in [2.24, 2.45) is 0 Å². The van der Waals surface area contributed by atoms with E-state index in [-0.39, 0.29) is 23.4 Å². The third-order valence-electron chi connectivity index (χ3n) is 2.32. The molecule has 1 amide bonds. The van der Waals surface area contributed by atoms with Crippen LogP contribution in [0.3, 0.4) is 0 Å². The molecule has 0 aromatic carbocycles. The van der Waals surface area contributed by atoms with Gasteiger partial charge in [-0.1, -0.05) is 17.7 Å². The summed E-state index contributed by atoms with van der Waals surface area (Å²) < 4.78 is 0. The Hall–Kier alpha value is -2.01. The zero-order chi connectivity index (χ0) is 13.0. The lowest BCUT2D eigenvalue weighted by Crippen LogP contribution is -2.17. The summed E-state index contributed by atoms with van der Waals surface area (Å²) in [6.07, 6.45) is 3.32. The van der Waals surface area contributed by atoms with Gasteiger partial charge in [0.1, 0.15) is 5.15 Å². The van der Waals surface area contributed by atoms with E-state index < -0.39 is 0 Å². The van der Waals surface area contributed by atoms with Crippen molar-refractivity contribution in [1.82, 2.24) is 15.0 Å². The van der Waals surface area contributed by atoms with Gasteiger partial charge >= 0.3 is 0 Å². The molecule has 0 saturated heterocycles. The summed E-state index contributed by atoms with van der Waals surface area (Å²) in [5, 5.41) is 2.86. The smallest absolute Gasteiger partial charge is 0.232 e. The van der Waals surface area contributed by atoms with Gasteiger partial charge in [-0.3, -0.25) is 15.1 Å². The Morgan fingerprint density at radius 1 is 1.33 bits per heavy atom. The van der Waals surface area contributed by atoms with Crippen LogP contribution in [0.1, 0.15) is 11.3 Å². The number of nitrogens with one attached hydrogen (secondary N) is 1. The summed E-state index contributed by atoms with van der Waals surface area (Å²) >= 11 is 5.70. The van der Waals surface area contributed by atoms with Crippen molar-refractivity contribution in [2.75, 3.05) is 5.32 Å². The number of carbonyl (C=O) groups excluding carboxylic acids is 1. The molecule has 92 valence electrons. The third-order valence-corrected chi connectivity index (χ3v) is 2.53. The highest BCUT2D eigenvalue weighted by Crippen LogP contribution is 2.08. The quantitative estimate of drug-likeness (QED) is 0.860. The predicted octanol–water partition coefficient (Wildman–Crippen LogP) is 2.01. The van der Waals surface area contributed by atoms with Crippen LogP contribution in [-0.2, 0) is 11.2 Å². The molecule has 0 aliphatic rings.